The van der Waals surface area contributed by atoms with Crippen LogP contribution in [0, 0.1) is 0 Å². The number of benzene rings is 3. The van der Waals surface area contributed by atoms with Gasteiger partial charge in [0.05, 0.1) is 11.3 Å². The normalized spacial score (nSPS) is 10.0. The van der Waals surface area contributed by atoms with Crippen molar-refractivity contribution in [2.45, 2.75) is 13.3 Å². The Balaban J connectivity index is 1.66. The van der Waals surface area contributed by atoms with E-state index in [0.717, 1.165) is 11.4 Å². The van der Waals surface area contributed by atoms with E-state index < -0.39 is 0 Å². The number of nitrogens with one attached hydrogen (secondary N) is 4. The summed E-state index contributed by atoms with van der Waals surface area (Å²) in [6.45, 7) is 1.74. The zero-order valence-electron chi connectivity index (χ0n) is 16.4. The third kappa shape index (κ3) is 5.89. The highest BCUT2D eigenvalue weighted by Crippen LogP contribution is 2.21. The lowest BCUT2D eigenvalue weighted by Crippen LogP contribution is -2.34. The van der Waals surface area contributed by atoms with Crippen molar-refractivity contribution in [2.75, 3.05) is 16.0 Å². The Labute approximate surface area is 180 Å². The Bertz CT molecular complexity index is 1040. The van der Waals surface area contributed by atoms with Crippen molar-refractivity contribution >= 4 is 51.9 Å². The minimum atomic E-state index is -0.286. The van der Waals surface area contributed by atoms with E-state index >= 15 is 0 Å². The maximum absolute atomic E-state index is 12.8. The summed E-state index contributed by atoms with van der Waals surface area (Å²) in [6.07, 6.45) is 0.319. The summed E-state index contributed by atoms with van der Waals surface area (Å²) in [7, 11) is 0. The molecule has 3 aromatic carbocycles. The molecule has 4 N–H and O–H groups in total. The first kappa shape index (κ1) is 21.0. The fourth-order valence-corrected chi connectivity index (χ4v) is 2.91. The van der Waals surface area contributed by atoms with Crippen molar-refractivity contribution in [1.29, 1.82) is 0 Å². The lowest BCUT2D eigenvalue weighted by Gasteiger charge is -2.13. The van der Waals surface area contributed by atoms with Crippen LogP contribution in [0.4, 0.5) is 22.7 Å². The molecule has 0 spiro atoms. The molecule has 3 aromatic rings. The molecule has 0 atom stereocenters. The predicted molar refractivity (Wildman–Crippen MR) is 125 cm³/mol. The number of para-hydroxylation sites is 2. The highest BCUT2D eigenvalue weighted by atomic mass is 32.1. The van der Waals surface area contributed by atoms with Crippen molar-refractivity contribution in [3.05, 3.63) is 84.4 Å². The summed E-state index contributed by atoms with van der Waals surface area (Å²) in [5.74, 6) is -0.481. The lowest BCUT2D eigenvalue weighted by atomic mass is 10.1. The Kier molecular flexibility index (Phi) is 7.13. The number of hydrogen-bond donors (Lipinski definition) is 4. The zero-order valence-corrected chi connectivity index (χ0v) is 17.3. The highest BCUT2D eigenvalue weighted by Gasteiger charge is 2.13. The summed E-state index contributed by atoms with van der Waals surface area (Å²) in [5, 5.41) is 11.8. The van der Waals surface area contributed by atoms with Gasteiger partial charge in [-0.25, -0.2) is 0 Å². The van der Waals surface area contributed by atoms with E-state index in [9.17, 15) is 9.59 Å². The van der Waals surface area contributed by atoms with Gasteiger partial charge in [0.2, 0.25) is 5.91 Å². The summed E-state index contributed by atoms with van der Waals surface area (Å²) in [5.41, 5.74) is 3.49. The van der Waals surface area contributed by atoms with Gasteiger partial charge in [0.15, 0.2) is 5.11 Å². The summed E-state index contributed by atoms with van der Waals surface area (Å²) in [4.78, 5) is 24.3. The van der Waals surface area contributed by atoms with Crippen molar-refractivity contribution < 1.29 is 9.59 Å². The molecule has 152 valence electrons. The van der Waals surface area contributed by atoms with E-state index in [2.05, 4.69) is 21.3 Å². The lowest BCUT2D eigenvalue weighted by molar-refractivity contribution is -0.119. The van der Waals surface area contributed by atoms with Gasteiger partial charge < -0.3 is 21.3 Å². The van der Waals surface area contributed by atoms with Crippen LogP contribution in [0.15, 0.2) is 78.9 Å². The van der Waals surface area contributed by atoms with Crippen LogP contribution in [0.25, 0.3) is 0 Å². The molecule has 30 heavy (non-hydrogen) atoms. The molecule has 0 aliphatic carbocycles. The minimum Gasteiger partial charge on any atom is -0.356 e. The van der Waals surface area contributed by atoms with Gasteiger partial charge in [-0.3, -0.25) is 9.59 Å². The topological polar surface area (TPSA) is 82.3 Å². The smallest absolute Gasteiger partial charge is 0.257 e. The molecule has 6 nitrogen and oxygen atoms in total. The third-order valence-corrected chi connectivity index (χ3v) is 4.40. The summed E-state index contributed by atoms with van der Waals surface area (Å²) >= 11 is 5.14. The molecule has 0 unspecified atom stereocenters. The molecule has 0 fully saturated rings. The number of thiocarbonyl (C=S) groups is 1. The van der Waals surface area contributed by atoms with E-state index in [1.165, 1.54) is 0 Å². The molecule has 0 radical (unpaired) electrons. The van der Waals surface area contributed by atoms with Crippen molar-refractivity contribution in [3.63, 3.8) is 0 Å². The van der Waals surface area contributed by atoms with Crippen molar-refractivity contribution in [3.8, 4) is 0 Å². The van der Waals surface area contributed by atoms with Crippen LogP contribution in [-0.4, -0.2) is 16.9 Å². The van der Waals surface area contributed by atoms with Gasteiger partial charge >= 0.3 is 0 Å². The van der Waals surface area contributed by atoms with Crippen LogP contribution in [0.3, 0.4) is 0 Å². The van der Waals surface area contributed by atoms with Gasteiger partial charge in [-0.05, 0) is 60.7 Å². The second kappa shape index (κ2) is 10.2. The Morgan fingerprint density at radius 2 is 1.37 bits per heavy atom. The zero-order chi connectivity index (χ0) is 21.3. The van der Waals surface area contributed by atoms with Gasteiger partial charge in [0, 0.05) is 23.5 Å². The van der Waals surface area contributed by atoms with Gasteiger partial charge in [-0.2, -0.15) is 0 Å². The highest BCUT2D eigenvalue weighted by molar-refractivity contribution is 7.80. The molecule has 0 saturated carbocycles. The SMILES string of the molecule is CCC(=O)NC(=S)Nc1ccccc1C(=O)Nc1ccc(Nc2ccccc2)cc1. The molecular weight excluding hydrogens is 396 g/mol. The quantitative estimate of drug-likeness (QED) is 0.428. The fraction of sp³-hybridized carbons (Fsp3) is 0.0870. The average Bonchev–Trinajstić information content (AvgIpc) is 2.76. The molecule has 7 heteroatoms. The predicted octanol–water partition coefficient (Wildman–Crippen LogP) is 4.91. The number of anilines is 4. The summed E-state index contributed by atoms with van der Waals surface area (Å²) < 4.78 is 0. The van der Waals surface area contributed by atoms with E-state index in [1.807, 2.05) is 54.6 Å². The van der Waals surface area contributed by atoms with Gasteiger partial charge in [-0.15, -0.1) is 0 Å². The third-order valence-electron chi connectivity index (χ3n) is 4.20. The number of hydrogen-bond acceptors (Lipinski definition) is 4. The molecule has 0 aromatic heterocycles. The van der Waals surface area contributed by atoms with Crippen LogP contribution in [0.5, 0.6) is 0 Å². The van der Waals surface area contributed by atoms with Crippen LogP contribution >= 0.6 is 12.2 Å². The first-order valence-corrected chi connectivity index (χ1v) is 9.89. The van der Waals surface area contributed by atoms with Crippen LogP contribution < -0.4 is 21.3 Å². The number of carbonyl (C=O) groups is 2. The van der Waals surface area contributed by atoms with Crippen molar-refractivity contribution in [2.24, 2.45) is 0 Å². The number of rotatable bonds is 6. The van der Waals surface area contributed by atoms with E-state index in [0.29, 0.717) is 23.4 Å². The molecule has 0 saturated heterocycles. The van der Waals surface area contributed by atoms with E-state index in [1.54, 1.807) is 31.2 Å². The Morgan fingerprint density at radius 1 is 0.767 bits per heavy atom. The Morgan fingerprint density at radius 3 is 2.07 bits per heavy atom. The van der Waals surface area contributed by atoms with Crippen LogP contribution in [0.2, 0.25) is 0 Å². The van der Waals surface area contributed by atoms with Gasteiger partial charge in [-0.1, -0.05) is 37.3 Å². The molecular formula is C23H22N4O2S. The fourth-order valence-electron chi connectivity index (χ4n) is 2.68. The first-order chi connectivity index (χ1) is 14.5. The number of amides is 2. The molecule has 0 aliphatic rings. The van der Waals surface area contributed by atoms with E-state index in [4.69, 9.17) is 12.2 Å². The van der Waals surface area contributed by atoms with Crippen LogP contribution in [0.1, 0.15) is 23.7 Å². The molecule has 0 aliphatic heterocycles. The first-order valence-electron chi connectivity index (χ1n) is 9.48. The Hall–Kier alpha value is -3.71. The van der Waals surface area contributed by atoms with E-state index in [-0.39, 0.29) is 16.9 Å². The average molecular weight is 419 g/mol. The van der Waals surface area contributed by atoms with Crippen molar-refractivity contribution in [1.82, 2.24) is 5.32 Å². The van der Waals surface area contributed by atoms with Gasteiger partial charge in [0.1, 0.15) is 0 Å². The maximum Gasteiger partial charge on any atom is 0.257 e. The second-order valence-electron chi connectivity index (χ2n) is 6.42. The molecule has 2 amide bonds. The van der Waals surface area contributed by atoms with Gasteiger partial charge in [0.25, 0.3) is 5.91 Å². The standard InChI is InChI=1S/C23H22N4O2S/c1-2-21(28)27-23(30)26-20-11-7-6-10-19(20)22(29)25-18-14-12-17(13-15-18)24-16-8-4-3-5-9-16/h3-15,24H,2H2,1H3,(H,25,29)(H2,26,27,28,30). The maximum atomic E-state index is 12.8. The molecule has 0 bridgehead atoms. The van der Waals surface area contributed by atoms with Crippen LogP contribution in [-0.2, 0) is 4.79 Å². The monoisotopic (exact) mass is 418 g/mol. The minimum absolute atomic E-state index is 0.151. The molecule has 3 rings (SSSR count). The second-order valence-corrected chi connectivity index (χ2v) is 6.83. The molecule has 0 heterocycles. The summed E-state index contributed by atoms with van der Waals surface area (Å²) in [6, 6.07) is 24.2. The largest absolute Gasteiger partial charge is 0.356 e. The number of carbonyl (C=O) groups excluding carboxylic acids is 2.